The van der Waals surface area contributed by atoms with Gasteiger partial charge in [-0.2, -0.15) is 16.4 Å². The summed E-state index contributed by atoms with van der Waals surface area (Å²) >= 11 is 1.42. The minimum Gasteiger partial charge on any atom is -0.508 e. The van der Waals surface area contributed by atoms with Crippen LogP contribution in [0.15, 0.2) is 40.1 Å². The second-order valence-corrected chi connectivity index (χ2v) is 4.23. The van der Waals surface area contributed by atoms with E-state index < -0.39 is 0 Å². The van der Waals surface area contributed by atoms with E-state index in [0.29, 0.717) is 11.1 Å². The molecule has 0 bridgehead atoms. The largest absolute Gasteiger partial charge is 0.508 e. The highest BCUT2D eigenvalue weighted by atomic mass is 32.1. The summed E-state index contributed by atoms with van der Waals surface area (Å²) in [4.78, 5) is 11.5. The van der Waals surface area contributed by atoms with Crippen LogP contribution in [0.4, 0.5) is 0 Å². The minimum atomic E-state index is -0.314. The van der Waals surface area contributed by atoms with Crippen molar-refractivity contribution in [2.45, 2.75) is 0 Å². The zero-order valence-corrected chi connectivity index (χ0v) is 10.0. The fourth-order valence-electron chi connectivity index (χ4n) is 1.26. The number of phenols is 2. The third kappa shape index (κ3) is 2.86. The van der Waals surface area contributed by atoms with Gasteiger partial charge in [0.2, 0.25) is 0 Å². The summed E-state index contributed by atoms with van der Waals surface area (Å²) in [5, 5.41) is 25.8. The zero-order valence-electron chi connectivity index (χ0n) is 9.20. The van der Waals surface area contributed by atoms with E-state index in [1.54, 1.807) is 16.8 Å². The van der Waals surface area contributed by atoms with Gasteiger partial charge in [-0.1, -0.05) is 0 Å². The highest BCUT2D eigenvalue weighted by molar-refractivity contribution is 7.08. The summed E-state index contributed by atoms with van der Waals surface area (Å²) in [5.74, 6) is -0.457. The number of thiophene rings is 1. The van der Waals surface area contributed by atoms with Crippen molar-refractivity contribution in [3.8, 4) is 11.5 Å². The quantitative estimate of drug-likeness (QED) is 0.584. The molecule has 1 amide bonds. The van der Waals surface area contributed by atoms with Crippen LogP contribution < -0.4 is 5.43 Å². The molecule has 0 atom stereocenters. The highest BCUT2D eigenvalue weighted by Crippen LogP contribution is 2.20. The smallest absolute Gasteiger partial charge is 0.272 e. The zero-order chi connectivity index (χ0) is 13.0. The standard InChI is InChI=1S/C12H10N2O3S/c15-10-2-1-8(11(16)5-10)6-13-14-12(17)9-3-4-18-7-9/h1-7,15-16H,(H,14,17). The number of aromatic hydroxyl groups is 2. The van der Waals surface area contributed by atoms with Crippen molar-refractivity contribution < 1.29 is 15.0 Å². The Morgan fingerprint density at radius 2 is 2.17 bits per heavy atom. The second kappa shape index (κ2) is 5.33. The van der Waals surface area contributed by atoms with Crippen molar-refractivity contribution in [1.82, 2.24) is 5.43 Å². The topological polar surface area (TPSA) is 81.9 Å². The fourth-order valence-corrected chi connectivity index (χ4v) is 1.90. The van der Waals surface area contributed by atoms with Crippen molar-refractivity contribution in [2.75, 3.05) is 0 Å². The van der Waals surface area contributed by atoms with Crippen LogP contribution in [0, 0.1) is 0 Å². The molecule has 0 aliphatic heterocycles. The van der Waals surface area contributed by atoms with Crippen LogP contribution in [0.3, 0.4) is 0 Å². The summed E-state index contributed by atoms with van der Waals surface area (Å²) in [6.45, 7) is 0. The van der Waals surface area contributed by atoms with Gasteiger partial charge in [-0.15, -0.1) is 0 Å². The molecule has 0 aliphatic rings. The first-order valence-corrected chi connectivity index (χ1v) is 5.98. The van der Waals surface area contributed by atoms with Crippen molar-refractivity contribution in [1.29, 1.82) is 0 Å². The van der Waals surface area contributed by atoms with E-state index in [9.17, 15) is 9.90 Å². The molecule has 6 heteroatoms. The Labute approximate surface area is 107 Å². The third-order valence-corrected chi connectivity index (χ3v) is 2.85. The SMILES string of the molecule is O=C(NN=Cc1ccc(O)cc1O)c1ccsc1. The molecule has 1 aromatic carbocycles. The van der Waals surface area contributed by atoms with E-state index in [2.05, 4.69) is 10.5 Å². The summed E-state index contributed by atoms with van der Waals surface area (Å²) in [6.07, 6.45) is 1.30. The Hall–Kier alpha value is -2.34. The van der Waals surface area contributed by atoms with Gasteiger partial charge in [0, 0.05) is 17.0 Å². The third-order valence-electron chi connectivity index (χ3n) is 2.17. The molecule has 2 rings (SSSR count). The molecule has 0 fully saturated rings. The van der Waals surface area contributed by atoms with E-state index in [0.717, 1.165) is 0 Å². The number of hydrogen-bond donors (Lipinski definition) is 3. The lowest BCUT2D eigenvalue weighted by Gasteiger charge is -1.99. The number of carbonyl (C=O) groups is 1. The summed E-state index contributed by atoms with van der Waals surface area (Å²) in [7, 11) is 0. The van der Waals surface area contributed by atoms with Crippen LogP contribution in [0.1, 0.15) is 15.9 Å². The monoisotopic (exact) mass is 262 g/mol. The van der Waals surface area contributed by atoms with Gasteiger partial charge < -0.3 is 10.2 Å². The van der Waals surface area contributed by atoms with Crippen molar-refractivity contribution in [3.05, 3.63) is 46.2 Å². The molecule has 3 N–H and O–H groups in total. The van der Waals surface area contributed by atoms with Crippen LogP contribution in [0.2, 0.25) is 0 Å². The first-order chi connectivity index (χ1) is 8.66. The number of phenolic OH excluding ortho intramolecular Hbond substituents is 2. The van der Waals surface area contributed by atoms with Gasteiger partial charge in [0.05, 0.1) is 11.8 Å². The van der Waals surface area contributed by atoms with Crippen molar-refractivity contribution in [2.24, 2.45) is 5.10 Å². The number of carbonyl (C=O) groups excluding carboxylic acids is 1. The molecular formula is C12H10N2O3S. The van der Waals surface area contributed by atoms with Crippen LogP contribution in [0.25, 0.3) is 0 Å². The van der Waals surface area contributed by atoms with Gasteiger partial charge >= 0.3 is 0 Å². The maximum atomic E-state index is 11.5. The highest BCUT2D eigenvalue weighted by Gasteiger charge is 2.03. The summed E-state index contributed by atoms with van der Waals surface area (Å²) in [5.41, 5.74) is 3.27. The van der Waals surface area contributed by atoms with Crippen LogP contribution in [-0.2, 0) is 0 Å². The van der Waals surface area contributed by atoms with E-state index in [1.807, 2.05) is 0 Å². The number of hydrazone groups is 1. The molecule has 5 nitrogen and oxygen atoms in total. The number of nitrogens with one attached hydrogen (secondary N) is 1. The first-order valence-electron chi connectivity index (χ1n) is 5.04. The molecule has 0 saturated heterocycles. The van der Waals surface area contributed by atoms with Crippen LogP contribution >= 0.6 is 11.3 Å². The van der Waals surface area contributed by atoms with Gasteiger partial charge in [-0.05, 0) is 23.6 Å². The van der Waals surface area contributed by atoms with Crippen molar-refractivity contribution in [3.63, 3.8) is 0 Å². The van der Waals surface area contributed by atoms with Gasteiger partial charge in [0.15, 0.2) is 0 Å². The van der Waals surface area contributed by atoms with Gasteiger partial charge in [0.25, 0.3) is 5.91 Å². The molecule has 18 heavy (non-hydrogen) atoms. The molecule has 1 heterocycles. The number of hydrogen-bond acceptors (Lipinski definition) is 5. The number of benzene rings is 1. The summed E-state index contributed by atoms with van der Waals surface area (Å²) in [6, 6.07) is 5.79. The molecule has 0 radical (unpaired) electrons. The van der Waals surface area contributed by atoms with Gasteiger partial charge in [0.1, 0.15) is 11.5 Å². The Balaban J connectivity index is 2.01. The summed E-state index contributed by atoms with van der Waals surface area (Å²) < 4.78 is 0. The molecule has 0 spiro atoms. The number of nitrogens with zero attached hydrogens (tertiary/aromatic N) is 1. The Morgan fingerprint density at radius 3 is 2.83 bits per heavy atom. The van der Waals surface area contributed by atoms with E-state index in [1.165, 1.54) is 35.8 Å². The van der Waals surface area contributed by atoms with E-state index in [4.69, 9.17) is 5.11 Å². The molecule has 0 saturated carbocycles. The first kappa shape index (κ1) is 12.1. The Kier molecular flexibility index (Phi) is 3.59. The normalized spacial score (nSPS) is 10.7. The van der Waals surface area contributed by atoms with E-state index >= 15 is 0 Å². The number of rotatable bonds is 3. The second-order valence-electron chi connectivity index (χ2n) is 3.45. The predicted molar refractivity (Wildman–Crippen MR) is 69.2 cm³/mol. The van der Waals surface area contributed by atoms with Crippen LogP contribution in [-0.4, -0.2) is 22.3 Å². The molecule has 2 aromatic rings. The average molecular weight is 262 g/mol. The lowest BCUT2D eigenvalue weighted by atomic mass is 10.2. The predicted octanol–water partition coefficient (Wildman–Crippen LogP) is 1.92. The van der Waals surface area contributed by atoms with Crippen LogP contribution in [0.5, 0.6) is 11.5 Å². The minimum absolute atomic E-state index is 0.0352. The lowest BCUT2D eigenvalue weighted by Crippen LogP contribution is -2.16. The average Bonchev–Trinajstić information content (AvgIpc) is 2.85. The van der Waals surface area contributed by atoms with Crippen molar-refractivity contribution >= 4 is 23.5 Å². The lowest BCUT2D eigenvalue weighted by molar-refractivity contribution is 0.0955. The van der Waals surface area contributed by atoms with E-state index in [-0.39, 0.29) is 17.4 Å². The Bertz CT molecular complexity index is 579. The fraction of sp³-hybridized carbons (Fsp3) is 0. The molecule has 0 unspecified atom stereocenters. The van der Waals surface area contributed by atoms with Gasteiger partial charge in [-0.25, -0.2) is 5.43 Å². The molecule has 92 valence electrons. The molecule has 0 aliphatic carbocycles. The molecule has 1 aromatic heterocycles. The maximum Gasteiger partial charge on any atom is 0.272 e. The molecular weight excluding hydrogens is 252 g/mol. The Morgan fingerprint density at radius 1 is 1.33 bits per heavy atom. The number of amides is 1. The maximum absolute atomic E-state index is 11.5. The van der Waals surface area contributed by atoms with Gasteiger partial charge in [-0.3, -0.25) is 4.79 Å².